The van der Waals surface area contributed by atoms with Gasteiger partial charge < -0.3 is 9.80 Å². The molecule has 1 amide bonds. The lowest BCUT2D eigenvalue weighted by atomic mass is 9.96. The maximum absolute atomic E-state index is 12.3. The number of hydrogen-bond donors (Lipinski definition) is 0. The van der Waals surface area contributed by atoms with Gasteiger partial charge >= 0.3 is 0 Å². The van der Waals surface area contributed by atoms with Crippen molar-refractivity contribution in [1.29, 1.82) is 0 Å². The van der Waals surface area contributed by atoms with Crippen molar-refractivity contribution in [2.75, 3.05) is 28.2 Å². The molecule has 0 radical (unpaired) electrons. The Kier molecular flexibility index (Phi) is 3.17. The van der Waals surface area contributed by atoms with Gasteiger partial charge in [-0.3, -0.25) is 9.59 Å². The van der Waals surface area contributed by atoms with Crippen LogP contribution in [0.1, 0.15) is 25.7 Å². The molecule has 2 rings (SSSR count). The number of rotatable bonds is 3. The highest BCUT2D eigenvalue weighted by molar-refractivity contribution is 6.13. The lowest BCUT2D eigenvalue weighted by molar-refractivity contribution is -0.134. The van der Waals surface area contributed by atoms with E-state index >= 15 is 0 Å². The van der Waals surface area contributed by atoms with E-state index in [0.29, 0.717) is 18.8 Å². The molecular weight excluding hydrogens is 230 g/mol. The lowest BCUT2D eigenvalue weighted by Gasteiger charge is -2.23. The normalized spacial score (nSPS) is 20.0. The highest BCUT2D eigenvalue weighted by Gasteiger charge is 2.59. The lowest BCUT2D eigenvalue weighted by Crippen LogP contribution is -2.37. The van der Waals surface area contributed by atoms with E-state index in [0.717, 1.165) is 12.8 Å². The van der Waals surface area contributed by atoms with Crippen molar-refractivity contribution >= 4 is 17.6 Å². The van der Waals surface area contributed by atoms with Crippen molar-refractivity contribution in [3.05, 3.63) is 0 Å². The molecule has 0 aromatic carbocycles. The molecule has 5 nitrogen and oxygen atoms in total. The van der Waals surface area contributed by atoms with E-state index in [-0.39, 0.29) is 17.6 Å². The van der Waals surface area contributed by atoms with E-state index in [9.17, 15) is 9.59 Å². The number of ketones is 1. The number of Topliss-reactive ketones (excluding diaryl/α,β-unsaturated/α-hetero) is 1. The smallest absolute Gasteiger partial charge is 0.262 e. The van der Waals surface area contributed by atoms with Gasteiger partial charge in [0.1, 0.15) is 5.41 Å². The summed E-state index contributed by atoms with van der Waals surface area (Å²) in [4.78, 5) is 32.1. The molecular formula is C13H21N3O2. The number of aliphatic imine (C=N–C) groups is 1. The minimum Gasteiger partial charge on any atom is -0.349 e. The van der Waals surface area contributed by atoms with Crippen molar-refractivity contribution in [2.45, 2.75) is 25.7 Å². The van der Waals surface area contributed by atoms with Gasteiger partial charge in [-0.25, -0.2) is 0 Å². The Hall–Kier alpha value is -1.39. The van der Waals surface area contributed by atoms with Gasteiger partial charge in [0.2, 0.25) is 5.96 Å². The first-order valence-electron chi connectivity index (χ1n) is 6.40. The van der Waals surface area contributed by atoms with Gasteiger partial charge in [0.25, 0.3) is 5.91 Å². The van der Waals surface area contributed by atoms with E-state index in [4.69, 9.17) is 0 Å². The van der Waals surface area contributed by atoms with Gasteiger partial charge in [-0.1, -0.05) is 0 Å². The topological polar surface area (TPSA) is 53.0 Å². The summed E-state index contributed by atoms with van der Waals surface area (Å²) in [6.07, 6.45) is 3.26. The molecule has 0 N–H and O–H groups in total. The van der Waals surface area contributed by atoms with Crippen LogP contribution in [0.15, 0.2) is 4.99 Å². The Balaban J connectivity index is 2.16. The van der Waals surface area contributed by atoms with Crippen LogP contribution in [0.4, 0.5) is 0 Å². The molecule has 0 spiro atoms. The second-order valence-electron chi connectivity index (χ2n) is 5.73. The molecule has 0 aromatic rings. The maximum atomic E-state index is 12.3. The molecule has 0 aliphatic heterocycles. The second-order valence-corrected chi connectivity index (χ2v) is 5.73. The monoisotopic (exact) mass is 251 g/mol. The summed E-state index contributed by atoms with van der Waals surface area (Å²) in [5.74, 6) is 0.605. The average molecular weight is 251 g/mol. The zero-order chi connectivity index (χ0) is 13.5. The molecule has 2 aliphatic carbocycles. The fourth-order valence-electron chi connectivity index (χ4n) is 2.22. The van der Waals surface area contributed by atoms with E-state index in [2.05, 4.69) is 4.99 Å². The fraction of sp³-hybridized carbons (Fsp3) is 0.769. The molecule has 0 saturated heterocycles. The van der Waals surface area contributed by atoms with E-state index in [1.165, 1.54) is 0 Å². The summed E-state index contributed by atoms with van der Waals surface area (Å²) in [7, 11) is 7.37. The van der Waals surface area contributed by atoms with Crippen LogP contribution in [0.3, 0.4) is 0 Å². The molecule has 0 aromatic heterocycles. The Labute approximate surface area is 108 Å². The standard InChI is InChI=1S/C13H21N3O2/c1-15(2)12(16(3)4)14-11(18)13(7-8-13)10(17)9-5-6-9/h9H,5-8H2,1-4H3. The first-order chi connectivity index (χ1) is 8.38. The summed E-state index contributed by atoms with van der Waals surface area (Å²) in [6, 6.07) is 0. The molecule has 18 heavy (non-hydrogen) atoms. The van der Waals surface area contributed by atoms with Gasteiger partial charge in [-0.15, -0.1) is 0 Å². The van der Waals surface area contributed by atoms with Crippen molar-refractivity contribution < 1.29 is 9.59 Å². The Morgan fingerprint density at radius 3 is 1.89 bits per heavy atom. The molecule has 5 heteroatoms. The van der Waals surface area contributed by atoms with Gasteiger partial charge in [0, 0.05) is 34.1 Å². The Morgan fingerprint density at radius 2 is 1.56 bits per heavy atom. The number of nitrogens with zero attached hydrogens (tertiary/aromatic N) is 3. The van der Waals surface area contributed by atoms with Crippen molar-refractivity contribution in [3.63, 3.8) is 0 Å². The number of carbonyl (C=O) groups excluding carboxylic acids is 2. The molecule has 0 unspecified atom stereocenters. The van der Waals surface area contributed by atoms with Gasteiger partial charge in [-0.2, -0.15) is 4.99 Å². The molecule has 2 fully saturated rings. The second kappa shape index (κ2) is 4.37. The highest BCUT2D eigenvalue weighted by Crippen LogP contribution is 2.53. The summed E-state index contributed by atoms with van der Waals surface area (Å²) >= 11 is 0. The number of guanidine groups is 1. The summed E-state index contributed by atoms with van der Waals surface area (Å²) < 4.78 is 0. The van der Waals surface area contributed by atoms with Crippen LogP contribution in [0.5, 0.6) is 0 Å². The van der Waals surface area contributed by atoms with Crippen LogP contribution < -0.4 is 0 Å². The highest BCUT2D eigenvalue weighted by atomic mass is 16.2. The van der Waals surface area contributed by atoms with Crippen LogP contribution >= 0.6 is 0 Å². The van der Waals surface area contributed by atoms with Gasteiger partial charge in [0.15, 0.2) is 5.78 Å². The molecule has 0 atom stereocenters. The number of hydrogen-bond acceptors (Lipinski definition) is 2. The molecule has 100 valence electrons. The van der Waals surface area contributed by atoms with E-state index < -0.39 is 5.41 Å². The fourth-order valence-corrected chi connectivity index (χ4v) is 2.22. The molecule has 2 aliphatic rings. The predicted octanol–water partition coefficient (Wildman–Crippen LogP) is 0.751. The van der Waals surface area contributed by atoms with Gasteiger partial charge in [0.05, 0.1) is 0 Å². The van der Waals surface area contributed by atoms with Crippen molar-refractivity contribution in [3.8, 4) is 0 Å². The van der Waals surface area contributed by atoms with Crippen LogP contribution in [-0.2, 0) is 9.59 Å². The third-order valence-corrected chi connectivity index (χ3v) is 3.58. The van der Waals surface area contributed by atoms with Gasteiger partial charge in [-0.05, 0) is 25.7 Å². The van der Waals surface area contributed by atoms with E-state index in [1.54, 1.807) is 9.80 Å². The Bertz CT molecular complexity index is 394. The maximum Gasteiger partial charge on any atom is 0.262 e. The summed E-state index contributed by atoms with van der Waals surface area (Å²) in [5, 5.41) is 0. The first-order valence-corrected chi connectivity index (χ1v) is 6.40. The van der Waals surface area contributed by atoms with Crippen LogP contribution in [0, 0.1) is 11.3 Å². The third-order valence-electron chi connectivity index (χ3n) is 3.58. The number of amides is 1. The van der Waals surface area contributed by atoms with E-state index in [1.807, 2.05) is 28.2 Å². The molecule has 0 bridgehead atoms. The largest absolute Gasteiger partial charge is 0.349 e. The zero-order valence-electron chi connectivity index (χ0n) is 11.6. The zero-order valence-corrected chi connectivity index (χ0v) is 11.6. The third kappa shape index (κ3) is 2.26. The predicted molar refractivity (Wildman–Crippen MR) is 69.2 cm³/mol. The van der Waals surface area contributed by atoms with Crippen LogP contribution in [-0.4, -0.2) is 55.6 Å². The van der Waals surface area contributed by atoms with Crippen LogP contribution in [0.2, 0.25) is 0 Å². The quantitative estimate of drug-likeness (QED) is 0.422. The Morgan fingerprint density at radius 1 is 1.06 bits per heavy atom. The van der Waals surface area contributed by atoms with Crippen LogP contribution in [0.25, 0.3) is 0 Å². The average Bonchev–Trinajstić information content (AvgIpc) is 3.17. The number of carbonyl (C=O) groups is 2. The van der Waals surface area contributed by atoms with Crippen molar-refractivity contribution in [2.24, 2.45) is 16.3 Å². The SMILES string of the molecule is CN(C)C(=NC(=O)C1(C(=O)C2CC2)CC1)N(C)C. The minimum absolute atomic E-state index is 0.133. The first kappa shape index (κ1) is 13.1. The summed E-state index contributed by atoms with van der Waals surface area (Å²) in [5.41, 5.74) is -0.765. The molecule has 2 saturated carbocycles. The summed E-state index contributed by atoms with van der Waals surface area (Å²) in [6.45, 7) is 0. The van der Waals surface area contributed by atoms with Crippen molar-refractivity contribution in [1.82, 2.24) is 9.80 Å². The molecule has 0 heterocycles. The minimum atomic E-state index is -0.765.